The smallest absolute Gasteiger partial charge is 0.293 e. The van der Waals surface area contributed by atoms with E-state index in [1.54, 1.807) is 19.4 Å². The fraction of sp³-hybridized carbons (Fsp3) is 0.500. The molecule has 0 radical (unpaired) electrons. The molecule has 0 aromatic carbocycles. The molecule has 0 amide bonds. The van der Waals surface area contributed by atoms with Gasteiger partial charge in [0.05, 0.1) is 0 Å². The number of rotatable bonds is 1. The van der Waals surface area contributed by atoms with Gasteiger partial charge in [0, 0.05) is 38.6 Å². The molecule has 0 atom stereocenters. The number of hydrogen-bond acceptors (Lipinski definition) is 4. The molecule has 5 heteroatoms. The molecule has 1 aromatic heterocycles. The average molecular weight is 180 g/mol. The van der Waals surface area contributed by atoms with Gasteiger partial charge in [-0.15, -0.1) is 0 Å². The highest BCUT2D eigenvalue weighted by Crippen LogP contribution is 2.11. The Bertz CT molecular complexity index is 367. The second-order valence-electron chi connectivity index (χ2n) is 3.33. The summed E-state index contributed by atoms with van der Waals surface area (Å²) in [7, 11) is 1.72. The van der Waals surface area contributed by atoms with Crippen LogP contribution in [-0.2, 0) is 7.05 Å². The van der Waals surface area contributed by atoms with Gasteiger partial charge in [-0.3, -0.25) is 4.79 Å². The summed E-state index contributed by atoms with van der Waals surface area (Å²) in [5.41, 5.74) is 5.56. The highest BCUT2D eigenvalue weighted by atomic mass is 16.1. The van der Waals surface area contributed by atoms with E-state index in [0.29, 0.717) is 5.82 Å². The Morgan fingerprint density at radius 1 is 1.62 bits per heavy atom. The second-order valence-corrected chi connectivity index (χ2v) is 3.33. The first-order chi connectivity index (χ1) is 6.18. The quantitative estimate of drug-likeness (QED) is 0.597. The predicted molar refractivity (Wildman–Crippen MR) is 49.7 cm³/mol. The molecule has 1 aromatic rings. The summed E-state index contributed by atoms with van der Waals surface area (Å²) in [4.78, 5) is 17.5. The number of hydrogen-bond donors (Lipinski definition) is 1. The molecule has 1 aliphatic rings. The SMILES string of the molecule is Cn1ccnc(N2CC(N)C2)c1=O. The van der Waals surface area contributed by atoms with Crippen LogP contribution in [0.25, 0.3) is 0 Å². The third-order valence-corrected chi connectivity index (χ3v) is 2.21. The van der Waals surface area contributed by atoms with Gasteiger partial charge < -0.3 is 15.2 Å². The van der Waals surface area contributed by atoms with Gasteiger partial charge in [-0.2, -0.15) is 0 Å². The van der Waals surface area contributed by atoms with Crippen molar-refractivity contribution in [3.63, 3.8) is 0 Å². The first-order valence-corrected chi connectivity index (χ1v) is 4.20. The highest BCUT2D eigenvalue weighted by molar-refractivity contribution is 5.39. The predicted octanol–water partition coefficient (Wildman–Crippen LogP) is -1.07. The summed E-state index contributed by atoms with van der Waals surface area (Å²) in [5.74, 6) is 0.506. The zero-order chi connectivity index (χ0) is 9.42. The molecule has 13 heavy (non-hydrogen) atoms. The normalized spacial score (nSPS) is 17.2. The summed E-state index contributed by atoms with van der Waals surface area (Å²) in [6.07, 6.45) is 3.27. The standard InChI is InChI=1S/C8H12N4O/c1-11-3-2-10-7(8(11)13)12-4-6(9)5-12/h2-3,6H,4-5,9H2,1H3. The summed E-state index contributed by atoms with van der Waals surface area (Å²) in [6, 6.07) is 0.187. The summed E-state index contributed by atoms with van der Waals surface area (Å²) in [5, 5.41) is 0. The number of aryl methyl sites for hydroxylation is 1. The minimum atomic E-state index is -0.0607. The van der Waals surface area contributed by atoms with Crippen LogP contribution in [0.3, 0.4) is 0 Å². The van der Waals surface area contributed by atoms with Crippen LogP contribution in [-0.4, -0.2) is 28.7 Å². The van der Waals surface area contributed by atoms with Crippen LogP contribution < -0.4 is 16.2 Å². The van der Waals surface area contributed by atoms with Gasteiger partial charge >= 0.3 is 0 Å². The van der Waals surface area contributed by atoms with E-state index in [0.717, 1.165) is 13.1 Å². The van der Waals surface area contributed by atoms with Crippen molar-refractivity contribution in [1.82, 2.24) is 9.55 Å². The molecule has 1 saturated heterocycles. The number of anilines is 1. The molecule has 2 N–H and O–H groups in total. The summed E-state index contributed by atoms with van der Waals surface area (Å²) in [6.45, 7) is 1.46. The molecule has 5 nitrogen and oxygen atoms in total. The highest BCUT2D eigenvalue weighted by Gasteiger charge is 2.26. The maximum atomic E-state index is 11.5. The monoisotopic (exact) mass is 180 g/mol. The summed E-state index contributed by atoms with van der Waals surface area (Å²) < 4.78 is 1.52. The first kappa shape index (κ1) is 8.25. The third-order valence-electron chi connectivity index (χ3n) is 2.21. The van der Waals surface area contributed by atoms with E-state index >= 15 is 0 Å². The van der Waals surface area contributed by atoms with Gasteiger partial charge in [-0.1, -0.05) is 0 Å². The molecular weight excluding hydrogens is 168 g/mol. The molecule has 0 unspecified atom stereocenters. The minimum Gasteiger partial charge on any atom is -0.349 e. The molecule has 0 saturated carbocycles. The van der Waals surface area contributed by atoms with Crippen LogP contribution in [0.15, 0.2) is 17.2 Å². The Kier molecular flexibility index (Phi) is 1.81. The van der Waals surface area contributed by atoms with Crippen molar-refractivity contribution in [2.45, 2.75) is 6.04 Å². The van der Waals surface area contributed by atoms with Gasteiger partial charge in [0.25, 0.3) is 5.56 Å². The Hall–Kier alpha value is -1.36. The van der Waals surface area contributed by atoms with Crippen LogP contribution in [0.2, 0.25) is 0 Å². The number of aromatic nitrogens is 2. The van der Waals surface area contributed by atoms with Crippen LogP contribution in [0.5, 0.6) is 0 Å². The Morgan fingerprint density at radius 2 is 2.31 bits per heavy atom. The molecule has 1 fully saturated rings. The molecule has 2 rings (SSSR count). The van der Waals surface area contributed by atoms with Gasteiger partial charge in [0.15, 0.2) is 5.82 Å². The van der Waals surface area contributed by atoms with Crippen LogP contribution in [0.4, 0.5) is 5.82 Å². The fourth-order valence-electron chi connectivity index (χ4n) is 1.39. The molecule has 70 valence electrons. The maximum Gasteiger partial charge on any atom is 0.293 e. The van der Waals surface area contributed by atoms with E-state index in [1.165, 1.54) is 4.57 Å². The van der Waals surface area contributed by atoms with E-state index in [4.69, 9.17) is 5.73 Å². The Labute approximate surface area is 75.8 Å². The van der Waals surface area contributed by atoms with Crippen molar-refractivity contribution in [3.05, 3.63) is 22.7 Å². The van der Waals surface area contributed by atoms with Gasteiger partial charge in [0.1, 0.15) is 0 Å². The van der Waals surface area contributed by atoms with Crippen LogP contribution in [0, 0.1) is 0 Å². The lowest BCUT2D eigenvalue weighted by molar-refractivity contribution is 0.510. The van der Waals surface area contributed by atoms with Crippen molar-refractivity contribution >= 4 is 5.82 Å². The zero-order valence-electron chi connectivity index (χ0n) is 7.47. The second kappa shape index (κ2) is 2.85. The van der Waals surface area contributed by atoms with Crippen LogP contribution >= 0.6 is 0 Å². The maximum absolute atomic E-state index is 11.5. The minimum absolute atomic E-state index is 0.0607. The topological polar surface area (TPSA) is 64.2 Å². The van der Waals surface area contributed by atoms with E-state index in [-0.39, 0.29) is 11.6 Å². The average Bonchev–Trinajstić information content (AvgIpc) is 2.05. The Morgan fingerprint density at radius 3 is 2.92 bits per heavy atom. The molecule has 2 heterocycles. The fourth-order valence-corrected chi connectivity index (χ4v) is 1.39. The van der Waals surface area contributed by atoms with Crippen molar-refractivity contribution in [1.29, 1.82) is 0 Å². The molecule has 1 aliphatic heterocycles. The van der Waals surface area contributed by atoms with Crippen molar-refractivity contribution in [2.75, 3.05) is 18.0 Å². The van der Waals surface area contributed by atoms with E-state index < -0.39 is 0 Å². The number of nitrogens with two attached hydrogens (primary N) is 1. The lowest BCUT2D eigenvalue weighted by atomic mass is 10.1. The lowest BCUT2D eigenvalue weighted by Crippen LogP contribution is -2.57. The van der Waals surface area contributed by atoms with Crippen molar-refractivity contribution in [2.24, 2.45) is 12.8 Å². The van der Waals surface area contributed by atoms with E-state index in [1.807, 2.05) is 4.90 Å². The number of nitrogens with zero attached hydrogens (tertiary/aromatic N) is 3. The van der Waals surface area contributed by atoms with E-state index in [9.17, 15) is 4.79 Å². The molecule has 0 aliphatic carbocycles. The lowest BCUT2D eigenvalue weighted by Gasteiger charge is -2.37. The van der Waals surface area contributed by atoms with Gasteiger partial charge in [-0.05, 0) is 0 Å². The summed E-state index contributed by atoms with van der Waals surface area (Å²) >= 11 is 0. The van der Waals surface area contributed by atoms with Gasteiger partial charge in [-0.25, -0.2) is 4.98 Å². The Balaban J connectivity index is 2.31. The molecular formula is C8H12N4O. The van der Waals surface area contributed by atoms with Gasteiger partial charge in [0.2, 0.25) is 0 Å². The first-order valence-electron chi connectivity index (χ1n) is 4.20. The van der Waals surface area contributed by atoms with Crippen molar-refractivity contribution < 1.29 is 0 Å². The molecule has 0 spiro atoms. The van der Waals surface area contributed by atoms with Crippen LogP contribution in [0.1, 0.15) is 0 Å². The molecule has 0 bridgehead atoms. The largest absolute Gasteiger partial charge is 0.349 e. The zero-order valence-corrected chi connectivity index (χ0v) is 7.47. The third kappa shape index (κ3) is 1.31. The van der Waals surface area contributed by atoms with E-state index in [2.05, 4.69) is 4.98 Å². The van der Waals surface area contributed by atoms with Crippen molar-refractivity contribution in [3.8, 4) is 0 Å².